The lowest BCUT2D eigenvalue weighted by Gasteiger charge is -2.24. The normalized spacial score (nSPS) is 17.4. The summed E-state index contributed by atoms with van der Waals surface area (Å²) in [5.41, 5.74) is 3.58. The van der Waals surface area contributed by atoms with Crippen LogP contribution in [-0.2, 0) is 13.6 Å². The highest BCUT2D eigenvalue weighted by molar-refractivity contribution is 7.13. The predicted molar refractivity (Wildman–Crippen MR) is 108 cm³/mol. The van der Waals surface area contributed by atoms with Crippen LogP contribution < -0.4 is 9.47 Å². The molecule has 1 atom stereocenters. The first-order valence-corrected chi connectivity index (χ1v) is 10.1. The summed E-state index contributed by atoms with van der Waals surface area (Å²) in [4.78, 5) is 7.43. The molecular formula is C21H25N3O2S. The zero-order chi connectivity index (χ0) is 18.8. The van der Waals surface area contributed by atoms with Crippen molar-refractivity contribution in [3.8, 4) is 22.1 Å². The average Bonchev–Trinajstić information content (AvgIpc) is 3.43. The summed E-state index contributed by atoms with van der Waals surface area (Å²) in [5, 5.41) is 3.19. The van der Waals surface area contributed by atoms with Crippen molar-refractivity contribution in [2.45, 2.75) is 25.4 Å². The van der Waals surface area contributed by atoms with Gasteiger partial charge in [0.15, 0.2) is 11.5 Å². The minimum atomic E-state index is 0.483. The smallest absolute Gasteiger partial charge is 0.161 e. The van der Waals surface area contributed by atoms with Crippen molar-refractivity contribution in [3.63, 3.8) is 0 Å². The standard InChI is InChI=1S/C21H25N3O2S/c1-23-10-4-6-17(23)18-7-5-11-24(18)13-16-14-27-21(22-16)15-8-9-19(25-2)20(12-15)26-3/h4,6,8-10,12,14,18H,5,7,11,13H2,1-3H3/t18-/m1/s1. The van der Waals surface area contributed by atoms with Gasteiger partial charge < -0.3 is 14.0 Å². The Morgan fingerprint density at radius 2 is 2.04 bits per heavy atom. The third-order valence-corrected chi connectivity index (χ3v) is 6.18. The SMILES string of the molecule is COc1ccc(-c2nc(CN3CCC[C@@H]3c3cccn3C)cs2)cc1OC. The molecule has 0 bridgehead atoms. The summed E-state index contributed by atoms with van der Waals surface area (Å²) in [6.45, 7) is 2.01. The van der Waals surface area contributed by atoms with Gasteiger partial charge in [0.05, 0.1) is 26.0 Å². The fourth-order valence-electron chi connectivity index (χ4n) is 3.86. The maximum Gasteiger partial charge on any atom is 0.161 e. The molecule has 6 heteroatoms. The van der Waals surface area contributed by atoms with Crippen LogP contribution in [0.1, 0.15) is 30.3 Å². The number of thiazole rings is 1. The minimum absolute atomic E-state index is 0.483. The number of aryl methyl sites for hydroxylation is 1. The summed E-state index contributed by atoms with van der Waals surface area (Å²) in [5.74, 6) is 1.47. The van der Waals surface area contributed by atoms with Gasteiger partial charge in [0.1, 0.15) is 5.01 Å². The Kier molecular flexibility index (Phi) is 5.18. The average molecular weight is 384 g/mol. The van der Waals surface area contributed by atoms with E-state index >= 15 is 0 Å². The summed E-state index contributed by atoms with van der Waals surface area (Å²) < 4.78 is 13.0. The molecule has 3 aromatic rings. The maximum atomic E-state index is 5.42. The second-order valence-electron chi connectivity index (χ2n) is 6.89. The fraction of sp³-hybridized carbons (Fsp3) is 0.381. The molecule has 0 amide bonds. The largest absolute Gasteiger partial charge is 0.493 e. The molecule has 3 heterocycles. The molecule has 0 unspecified atom stereocenters. The molecule has 0 spiro atoms. The van der Waals surface area contributed by atoms with Crippen LogP contribution >= 0.6 is 11.3 Å². The van der Waals surface area contributed by atoms with Crippen LogP contribution in [-0.4, -0.2) is 35.2 Å². The van der Waals surface area contributed by atoms with Crippen LogP contribution in [0.5, 0.6) is 11.5 Å². The molecule has 0 N–H and O–H groups in total. The van der Waals surface area contributed by atoms with E-state index in [0.717, 1.165) is 40.9 Å². The van der Waals surface area contributed by atoms with Gasteiger partial charge in [-0.2, -0.15) is 0 Å². The lowest BCUT2D eigenvalue weighted by Crippen LogP contribution is -2.24. The number of rotatable bonds is 6. The number of benzene rings is 1. The third kappa shape index (κ3) is 3.59. The monoisotopic (exact) mass is 383 g/mol. The molecule has 0 saturated carbocycles. The van der Waals surface area contributed by atoms with E-state index in [2.05, 4.69) is 40.2 Å². The van der Waals surface area contributed by atoms with E-state index in [0.29, 0.717) is 6.04 Å². The van der Waals surface area contributed by atoms with Crippen LogP contribution in [0.15, 0.2) is 41.9 Å². The van der Waals surface area contributed by atoms with Gasteiger partial charge in [0.2, 0.25) is 0 Å². The molecule has 0 aliphatic carbocycles. The fourth-order valence-corrected chi connectivity index (χ4v) is 4.67. The van der Waals surface area contributed by atoms with Crippen molar-refractivity contribution >= 4 is 11.3 Å². The van der Waals surface area contributed by atoms with Crippen molar-refractivity contribution in [2.75, 3.05) is 20.8 Å². The van der Waals surface area contributed by atoms with Gasteiger partial charge >= 0.3 is 0 Å². The highest BCUT2D eigenvalue weighted by atomic mass is 32.1. The van der Waals surface area contributed by atoms with Crippen LogP contribution in [0.25, 0.3) is 10.6 Å². The van der Waals surface area contributed by atoms with E-state index in [-0.39, 0.29) is 0 Å². The van der Waals surface area contributed by atoms with E-state index in [4.69, 9.17) is 14.5 Å². The molecule has 1 fully saturated rings. The molecule has 142 valence electrons. The highest BCUT2D eigenvalue weighted by Gasteiger charge is 2.28. The van der Waals surface area contributed by atoms with Gasteiger partial charge in [-0.3, -0.25) is 4.90 Å². The molecular weight excluding hydrogens is 358 g/mol. The number of nitrogens with zero attached hydrogens (tertiary/aromatic N) is 3. The van der Waals surface area contributed by atoms with Crippen LogP contribution in [0.4, 0.5) is 0 Å². The maximum absolute atomic E-state index is 5.42. The summed E-state index contributed by atoms with van der Waals surface area (Å²) in [6, 6.07) is 10.8. The molecule has 1 aliphatic rings. The van der Waals surface area contributed by atoms with Crippen molar-refractivity contribution < 1.29 is 9.47 Å². The molecule has 0 radical (unpaired) electrons. The second-order valence-corrected chi connectivity index (χ2v) is 7.74. The van der Waals surface area contributed by atoms with Crippen molar-refractivity contribution in [2.24, 2.45) is 7.05 Å². The first-order valence-electron chi connectivity index (χ1n) is 9.21. The number of ether oxygens (including phenoxy) is 2. The van der Waals surface area contributed by atoms with Crippen molar-refractivity contribution in [1.82, 2.24) is 14.5 Å². The second kappa shape index (κ2) is 7.74. The van der Waals surface area contributed by atoms with Crippen molar-refractivity contribution in [1.29, 1.82) is 0 Å². The number of aromatic nitrogens is 2. The Balaban J connectivity index is 1.52. The van der Waals surface area contributed by atoms with E-state index in [9.17, 15) is 0 Å². The molecule has 5 nitrogen and oxygen atoms in total. The first-order chi connectivity index (χ1) is 13.2. The Bertz CT molecular complexity index is 918. The lowest BCUT2D eigenvalue weighted by molar-refractivity contribution is 0.239. The van der Waals surface area contributed by atoms with Crippen molar-refractivity contribution in [3.05, 3.63) is 53.3 Å². The zero-order valence-electron chi connectivity index (χ0n) is 16.0. The van der Waals surface area contributed by atoms with E-state index in [1.165, 1.54) is 18.5 Å². The van der Waals surface area contributed by atoms with Crippen LogP contribution in [0.2, 0.25) is 0 Å². The van der Waals surface area contributed by atoms with Gasteiger partial charge in [-0.1, -0.05) is 0 Å². The number of methoxy groups -OCH3 is 2. The number of hydrogen-bond acceptors (Lipinski definition) is 5. The Morgan fingerprint density at radius 1 is 1.19 bits per heavy atom. The minimum Gasteiger partial charge on any atom is -0.493 e. The quantitative estimate of drug-likeness (QED) is 0.628. The molecule has 1 aliphatic heterocycles. The third-order valence-electron chi connectivity index (χ3n) is 5.24. The van der Waals surface area contributed by atoms with Gasteiger partial charge in [-0.25, -0.2) is 4.98 Å². The molecule has 27 heavy (non-hydrogen) atoms. The summed E-state index contributed by atoms with van der Waals surface area (Å²) in [7, 11) is 5.44. The Hall–Kier alpha value is -2.31. The summed E-state index contributed by atoms with van der Waals surface area (Å²) in [6.07, 6.45) is 4.58. The Morgan fingerprint density at radius 3 is 2.78 bits per heavy atom. The summed E-state index contributed by atoms with van der Waals surface area (Å²) >= 11 is 1.68. The van der Waals surface area contributed by atoms with Crippen LogP contribution in [0.3, 0.4) is 0 Å². The number of likely N-dealkylation sites (tertiary alicyclic amines) is 1. The van der Waals surface area contributed by atoms with Crippen LogP contribution in [0, 0.1) is 0 Å². The topological polar surface area (TPSA) is 39.5 Å². The van der Waals surface area contributed by atoms with Gasteiger partial charge in [-0.15, -0.1) is 11.3 Å². The lowest BCUT2D eigenvalue weighted by atomic mass is 10.1. The highest BCUT2D eigenvalue weighted by Crippen LogP contribution is 2.36. The van der Waals surface area contributed by atoms with E-state index in [1.54, 1.807) is 25.6 Å². The molecule has 1 saturated heterocycles. The molecule has 1 aromatic carbocycles. The number of hydrogen-bond donors (Lipinski definition) is 0. The first kappa shape index (κ1) is 18.1. The van der Waals surface area contributed by atoms with Gasteiger partial charge in [0.25, 0.3) is 0 Å². The van der Waals surface area contributed by atoms with Gasteiger partial charge in [-0.05, 0) is 49.7 Å². The van der Waals surface area contributed by atoms with Gasteiger partial charge in [0, 0.05) is 36.4 Å². The molecule has 4 rings (SSSR count). The Labute approximate surface area is 164 Å². The van der Waals surface area contributed by atoms with E-state index < -0.39 is 0 Å². The van der Waals surface area contributed by atoms with E-state index in [1.807, 2.05) is 18.2 Å². The predicted octanol–water partition coefficient (Wildman–Crippen LogP) is 4.50. The molecule has 2 aromatic heterocycles. The zero-order valence-corrected chi connectivity index (χ0v) is 16.8.